The fourth-order valence-corrected chi connectivity index (χ4v) is 4.66. The maximum Gasteiger partial charge on any atom is 0.127 e. The van der Waals surface area contributed by atoms with E-state index in [1.54, 1.807) is 6.07 Å². The van der Waals surface area contributed by atoms with Crippen LogP contribution in [0.1, 0.15) is 42.4 Å². The van der Waals surface area contributed by atoms with Gasteiger partial charge in [-0.05, 0) is 91.5 Å². The topological polar surface area (TPSA) is 27.0 Å². The maximum absolute atomic E-state index is 14.4. The molecule has 1 aliphatic heterocycles. The van der Waals surface area contributed by atoms with Crippen LogP contribution in [0, 0.1) is 17.1 Å². The molecular weight excluding hydrogens is 323 g/mol. The van der Waals surface area contributed by atoms with Crippen molar-refractivity contribution in [1.82, 2.24) is 4.90 Å². The summed E-state index contributed by atoms with van der Waals surface area (Å²) in [6, 6.07) is 14.2. The zero-order chi connectivity index (χ0) is 18.1. The van der Waals surface area contributed by atoms with Gasteiger partial charge in [0.1, 0.15) is 5.82 Å². The van der Waals surface area contributed by atoms with Gasteiger partial charge in [0.2, 0.25) is 0 Å². The summed E-state index contributed by atoms with van der Waals surface area (Å²) in [5, 5.41) is 8.70. The van der Waals surface area contributed by atoms with E-state index in [1.165, 1.54) is 36.8 Å². The van der Waals surface area contributed by atoms with Crippen LogP contribution in [0.15, 0.2) is 36.4 Å². The van der Waals surface area contributed by atoms with Gasteiger partial charge in [-0.2, -0.15) is 5.26 Å². The van der Waals surface area contributed by atoms with Crippen LogP contribution in [0.25, 0.3) is 11.1 Å². The number of likely N-dealkylation sites (tertiary alicyclic amines) is 1. The summed E-state index contributed by atoms with van der Waals surface area (Å²) in [6.45, 7) is 2.32. The molecule has 0 atom stereocenters. The van der Waals surface area contributed by atoms with Crippen molar-refractivity contribution >= 4 is 0 Å². The number of nitrogens with zero attached hydrogens (tertiary/aromatic N) is 2. The van der Waals surface area contributed by atoms with Crippen molar-refractivity contribution in [1.29, 1.82) is 5.26 Å². The number of nitriles is 1. The maximum atomic E-state index is 14.4. The summed E-state index contributed by atoms with van der Waals surface area (Å²) in [6.07, 6.45) is 5.69. The van der Waals surface area contributed by atoms with Crippen LogP contribution in [0.5, 0.6) is 0 Å². The van der Waals surface area contributed by atoms with Gasteiger partial charge in [0.25, 0.3) is 0 Å². The third-order valence-corrected chi connectivity index (χ3v) is 6.39. The largest absolute Gasteiger partial charge is 0.306 e. The smallest absolute Gasteiger partial charge is 0.127 e. The number of hydrogen-bond donors (Lipinski definition) is 0. The fourth-order valence-electron chi connectivity index (χ4n) is 4.66. The van der Waals surface area contributed by atoms with Gasteiger partial charge in [-0.3, -0.25) is 0 Å². The Kier molecular flexibility index (Phi) is 4.54. The molecule has 0 N–H and O–H groups in total. The van der Waals surface area contributed by atoms with Gasteiger partial charge >= 0.3 is 0 Å². The number of aryl methyl sites for hydroxylation is 2. The lowest BCUT2D eigenvalue weighted by atomic mass is 9.73. The zero-order valence-corrected chi connectivity index (χ0v) is 15.4. The van der Waals surface area contributed by atoms with Crippen molar-refractivity contribution in [3.05, 3.63) is 58.9 Å². The van der Waals surface area contributed by atoms with Crippen molar-refractivity contribution in [2.75, 3.05) is 20.1 Å². The second-order valence-corrected chi connectivity index (χ2v) is 7.92. The summed E-state index contributed by atoms with van der Waals surface area (Å²) in [5.41, 5.74) is 5.96. The number of fused-ring (bicyclic) bond motifs is 2. The van der Waals surface area contributed by atoms with E-state index in [-0.39, 0.29) is 5.82 Å². The highest BCUT2D eigenvalue weighted by atomic mass is 19.1. The van der Waals surface area contributed by atoms with E-state index in [9.17, 15) is 4.39 Å². The monoisotopic (exact) mass is 348 g/mol. The molecule has 4 rings (SSSR count). The molecule has 0 radical (unpaired) electrons. The minimum Gasteiger partial charge on any atom is -0.306 e. The molecular formula is C23H25FN2. The van der Waals surface area contributed by atoms with Crippen molar-refractivity contribution in [3.63, 3.8) is 0 Å². The summed E-state index contributed by atoms with van der Waals surface area (Å²) >= 11 is 0. The standard InChI is InChI=1S/C23H25FN2/c1-26-13-10-23(11-14-26)9-8-17-4-6-19(15-21(17)23)20-7-5-18(3-2-12-25)22(24)16-20/h4-7,15-16H,2-3,8-11,13-14H2,1H3. The molecule has 2 aromatic rings. The summed E-state index contributed by atoms with van der Waals surface area (Å²) in [7, 11) is 2.20. The Balaban J connectivity index is 1.66. The molecule has 0 saturated carbocycles. The lowest BCUT2D eigenvalue weighted by Gasteiger charge is -2.39. The number of benzene rings is 2. The minimum atomic E-state index is -0.202. The van der Waals surface area contributed by atoms with Crippen LogP contribution in [0.3, 0.4) is 0 Å². The Morgan fingerprint density at radius 2 is 1.81 bits per heavy atom. The second-order valence-electron chi connectivity index (χ2n) is 7.92. The van der Waals surface area contributed by atoms with Crippen LogP contribution in [-0.2, 0) is 18.3 Å². The van der Waals surface area contributed by atoms with E-state index >= 15 is 0 Å². The second kappa shape index (κ2) is 6.85. The van der Waals surface area contributed by atoms with Crippen molar-refractivity contribution in [3.8, 4) is 17.2 Å². The molecule has 1 saturated heterocycles. The van der Waals surface area contributed by atoms with Crippen LogP contribution in [0.2, 0.25) is 0 Å². The highest BCUT2D eigenvalue weighted by molar-refractivity contribution is 5.66. The molecule has 0 aromatic heterocycles. The van der Waals surface area contributed by atoms with E-state index < -0.39 is 0 Å². The molecule has 0 amide bonds. The van der Waals surface area contributed by atoms with E-state index in [0.29, 0.717) is 23.8 Å². The van der Waals surface area contributed by atoms with E-state index in [2.05, 4.69) is 36.2 Å². The molecule has 3 heteroatoms. The lowest BCUT2D eigenvalue weighted by Crippen LogP contribution is -2.39. The highest BCUT2D eigenvalue weighted by Gasteiger charge is 2.40. The zero-order valence-electron chi connectivity index (χ0n) is 15.4. The van der Waals surface area contributed by atoms with Gasteiger partial charge < -0.3 is 4.90 Å². The average molecular weight is 348 g/mol. The SMILES string of the molecule is CN1CCC2(CCc3ccc(-c4ccc(CCC#N)c(F)c4)cc32)CC1. The number of rotatable bonds is 3. The van der Waals surface area contributed by atoms with Gasteiger partial charge in [0.05, 0.1) is 6.07 Å². The summed E-state index contributed by atoms with van der Waals surface area (Å²) in [4.78, 5) is 2.42. The Morgan fingerprint density at radius 3 is 2.54 bits per heavy atom. The minimum absolute atomic E-state index is 0.202. The van der Waals surface area contributed by atoms with Crippen LogP contribution in [0.4, 0.5) is 4.39 Å². The highest BCUT2D eigenvalue weighted by Crippen LogP contribution is 2.47. The van der Waals surface area contributed by atoms with Gasteiger partial charge in [0.15, 0.2) is 0 Å². The first-order valence-electron chi connectivity index (χ1n) is 9.59. The van der Waals surface area contributed by atoms with Crippen LogP contribution >= 0.6 is 0 Å². The van der Waals surface area contributed by atoms with E-state index in [4.69, 9.17) is 5.26 Å². The predicted molar refractivity (Wildman–Crippen MR) is 103 cm³/mol. The molecule has 2 aliphatic rings. The van der Waals surface area contributed by atoms with Crippen LogP contribution in [-0.4, -0.2) is 25.0 Å². The number of halogens is 1. The molecule has 1 fully saturated rings. The van der Waals surface area contributed by atoms with Gasteiger partial charge in [-0.15, -0.1) is 0 Å². The Morgan fingerprint density at radius 1 is 1.08 bits per heavy atom. The van der Waals surface area contributed by atoms with E-state index in [1.807, 2.05) is 12.1 Å². The summed E-state index contributed by atoms with van der Waals surface area (Å²) < 4.78 is 14.4. The van der Waals surface area contributed by atoms with Gasteiger partial charge in [-0.25, -0.2) is 4.39 Å². The Hall–Kier alpha value is -2.18. The first-order chi connectivity index (χ1) is 12.6. The Bertz CT molecular complexity index is 857. The number of piperidine rings is 1. The molecule has 2 aromatic carbocycles. The van der Waals surface area contributed by atoms with Crippen molar-refractivity contribution < 1.29 is 4.39 Å². The normalized spacial score (nSPS) is 18.7. The van der Waals surface area contributed by atoms with Crippen LogP contribution < -0.4 is 0 Å². The fraction of sp³-hybridized carbons (Fsp3) is 0.435. The van der Waals surface area contributed by atoms with Crippen molar-refractivity contribution in [2.24, 2.45) is 0 Å². The molecule has 0 unspecified atom stereocenters. The average Bonchev–Trinajstić information content (AvgIpc) is 3.01. The third-order valence-electron chi connectivity index (χ3n) is 6.39. The van der Waals surface area contributed by atoms with E-state index in [0.717, 1.165) is 24.2 Å². The number of hydrogen-bond acceptors (Lipinski definition) is 2. The first kappa shape index (κ1) is 17.2. The third kappa shape index (κ3) is 3.04. The molecule has 26 heavy (non-hydrogen) atoms. The summed E-state index contributed by atoms with van der Waals surface area (Å²) in [5.74, 6) is -0.202. The first-order valence-corrected chi connectivity index (χ1v) is 9.59. The van der Waals surface area contributed by atoms with Gasteiger partial charge in [0, 0.05) is 6.42 Å². The molecule has 134 valence electrons. The molecule has 2 nitrogen and oxygen atoms in total. The predicted octanol–water partition coefficient (Wildman–Crippen LogP) is 4.86. The molecule has 1 spiro atoms. The molecule has 1 heterocycles. The lowest BCUT2D eigenvalue weighted by molar-refractivity contribution is 0.187. The quantitative estimate of drug-likeness (QED) is 0.792. The van der Waals surface area contributed by atoms with Crippen molar-refractivity contribution in [2.45, 2.75) is 43.9 Å². The molecule has 1 aliphatic carbocycles. The Labute approximate surface area is 155 Å². The van der Waals surface area contributed by atoms with Gasteiger partial charge in [-0.1, -0.05) is 30.3 Å². The molecule has 0 bridgehead atoms.